The van der Waals surface area contributed by atoms with Crippen LogP contribution in [0.1, 0.15) is 22.3 Å². The molecule has 0 fully saturated rings. The molecule has 4 heteroatoms. The summed E-state index contributed by atoms with van der Waals surface area (Å²) >= 11 is 0. The summed E-state index contributed by atoms with van der Waals surface area (Å²) in [7, 11) is 0. The third kappa shape index (κ3) is 7.96. The zero-order chi connectivity index (χ0) is 53.0. The average molecular weight is 1020 g/mol. The van der Waals surface area contributed by atoms with Gasteiger partial charge in [0.2, 0.25) is 5.95 Å². The van der Waals surface area contributed by atoms with Crippen LogP contribution in [0.3, 0.4) is 0 Å². The second-order valence-corrected chi connectivity index (χ2v) is 20.7. The van der Waals surface area contributed by atoms with Gasteiger partial charge in [-0.3, -0.25) is 4.57 Å². The molecule has 15 rings (SSSR count). The van der Waals surface area contributed by atoms with Crippen molar-refractivity contribution in [3.8, 4) is 95.5 Å². The monoisotopic (exact) mass is 1020 g/mol. The van der Waals surface area contributed by atoms with Crippen molar-refractivity contribution in [1.82, 2.24) is 19.5 Å². The highest BCUT2D eigenvalue weighted by molar-refractivity contribution is 6.13. The normalized spacial score (nSPS) is 12.3. The predicted molar refractivity (Wildman–Crippen MR) is 330 cm³/mol. The molecule has 80 heavy (non-hydrogen) atoms. The Morgan fingerprint density at radius 3 is 1.10 bits per heavy atom. The minimum atomic E-state index is -0.628. The van der Waals surface area contributed by atoms with Gasteiger partial charge >= 0.3 is 0 Å². The van der Waals surface area contributed by atoms with E-state index < -0.39 is 5.41 Å². The molecule has 1 aliphatic carbocycles. The van der Waals surface area contributed by atoms with Crippen LogP contribution in [0.4, 0.5) is 0 Å². The lowest BCUT2D eigenvalue weighted by Gasteiger charge is -2.34. The molecule has 0 spiro atoms. The van der Waals surface area contributed by atoms with Crippen LogP contribution < -0.4 is 0 Å². The summed E-state index contributed by atoms with van der Waals surface area (Å²) < 4.78 is 2.29. The van der Waals surface area contributed by atoms with E-state index in [1.807, 2.05) is 0 Å². The van der Waals surface area contributed by atoms with Gasteiger partial charge in [0.25, 0.3) is 0 Å². The maximum absolute atomic E-state index is 5.54. The van der Waals surface area contributed by atoms with Crippen molar-refractivity contribution in [1.29, 1.82) is 0 Å². The van der Waals surface area contributed by atoms with Crippen molar-refractivity contribution in [2.24, 2.45) is 0 Å². The van der Waals surface area contributed by atoms with Crippen LogP contribution in [0, 0.1) is 0 Å². The summed E-state index contributed by atoms with van der Waals surface area (Å²) in [5, 5.41) is 2.21. The maximum atomic E-state index is 5.54. The van der Waals surface area contributed by atoms with E-state index in [0.717, 1.165) is 77.4 Å². The molecule has 1 aliphatic rings. The van der Waals surface area contributed by atoms with Gasteiger partial charge in [0, 0.05) is 21.9 Å². The maximum Gasteiger partial charge on any atom is 0.238 e. The minimum Gasteiger partial charge on any atom is -0.278 e. The van der Waals surface area contributed by atoms with E-state index in [0.29, 0.717) is 17.6 Å². The first kappa shape index (κ1) is 46.7. The molecular formula is C76H50N4. The number of aromatic nitrogens is 4. The fourth-order valence-electron chi connectivity index (χ4n) is 12.3. The Labute approximate surface area is 465 Å². The number of rotatable bonds is 10. The summed E-state index contributed by atoms with van der Waals surface area (Å²) in [6.07, 6.45) is 0. The van der Waals surface area contributed by atoms with Gasteiger partial charge in [-0.05, 0) is 131 Å². The van der Waals surface area contributed by atoms with E-state index >= 15 is 0 Å². The molecule has 0 saturated carbocycles. The Bertz CT molecular complexity index is 4380. The fourth-order valence-corrected chi connectivity index (χ4v) is 12.3. The summed E-state index contributed by atoms with van der Waals surface area (Å²) in [6.45, 7) is 0. The van der Waals surface area contributed by atoms with E-state index in [4.69, 9.17) is 15.0 Å². The van der Waals surface area contributed by atoms with Gasteiger partial charge in [-0.1, -0.05) is 261 Å². The van der Waals surface area contributed by atoms with Crippen molar-refractivity contribution < 1.29 is 0 Å². The molecular weight excluding hydrogens is 969 g/mol. The third-order valence-electron chi connectivity index (χ3n) is 16.1. The van der Waals surface area contributed by atoms with Gasteiger partial charge in [-0.15, -0.1) is 0 Å². The molecule has 2 heterocycles. The van der Waals surface area contributed by atoms with Crippen LogP contribution >= 0.6 is 0 Å². The first-order chi connectivity index (χ1) is 39.6. The van der Waals surface area contributed by atoms with E-state index in [-0.39, 0.29) is 0 Å². The van der Waals surface area contributed by atoms with Crippen molar-refractivity contribution in [2.45, 2.75) is 5.41 Å². The first-order valence-electron chi connectivity index (χ1n) is 27.3. The van der Waals surface area contributed by atoms with Gasteiger partial charge in [-0.25, -0.2) is 4.98 Å². The summed E-state index contributed by atoms with van der Waals surface area (Å²) in [5.74, 6) is 1.71. The van der Waals surface area contributed by atoms with E-state index in [9.17, 15) is 0 Å². The highest BCUT2D eigenvalue weighted by Crippen LogP contribution is 2.57. The predicted octanol–water partition coefficient (Wildman–Crippen LogP) is 19.0. The van der Waals surface area contributed by atoms with Crippen molar-refractivity contribution in [2.75, 3.05) is 0 Å². The Kier molecular flexibility index (Phi) is 11.4. The molecule has 0 aliphatic heterocycles. The second-order valence-electron chi connectivity index (χ2n) is 20.7. The number of nitrogens with zero attached hydrogens (tertiary/aromatic N) is 4. The van der Waals surface area contributed by atoms with Crippen molar-refractivity contribution in [3.63, 3.8) is 0 Å². The smallest absolute Gasteiger partial charge is 0.238 e. The second kappa shape index (κ2) is 19.5. The Morgan fingerprint density at radius 2 is 0.613 bits per heavy atom. The SMILES string of the molecule is c1ccc(-c2ccc(-c3nc(-c4ccc(-c5ccccc5)cc4)nc(-n4c5ccc(-c6cc(-c7ccccc7)cc(-c7ccccc7)c6)cc5c5cc6c(cc54)C(c4ccccc4)(c4ccccc4)c4ccccc4-6)n3)cc2)cc1. The van der Waals surface area contributed by atoms with Gasteiger partial charge in [0.05, 0.1) is 16.4 Å². The summed E-state index contributed by atoms with van der Waals surface area (Å²) in [5.41, 5.74) is 21.9. The van der Waals surface area contributed by atoms with Crippen molar-refractivity contribution >= 4 is 21.8 Å². The molecule has 2 aromatic heterocycles. The molecule has 0 radical (unpaired) electrons. The molecule has 374 valence electrons. The largest absolute Gasteiger partial charge is 0.278 e. The van der Waals surface area contributed by atoms with Gasteiger partial charge in [-0.2, -0.15) is 9.97 Å². The van der Waals surface area contributed by atoms with E-state index in [1.54, 1.807) is 0 Å². The van der Waals surface area contributed by atoms with Gasteiger partial charge in [0.15, 0.2) is 11.6 Å². The molecule has 12 aromatic carbocycles. The zero-order valence-electron chi connectivity index (χ0n) is 43.7. The van der Waals surface area contributed by atoms with E-state index in [2.05, 4.69) is 308 Å². The summed E-state index contributed by atoms with van der Waals surface area (Å²) in [6, 6.07) is 109. The van der Waals surface area contributed by atoms with Crippen molar-refractivity contribution in [3.05, 3.63) is 326 Å². The van der Waals surface area contributed by atoms with E-state index in [1.165, 1.54) is 44.5 Å². The Morgan fingerprint density at radius 1 is 0.237 bits per heavy atom. The highest BCUT2D eigenvalue weighted by Gasteiger charge is 2.46. The molecule has 4 nitrogen and oxygen atoms in total. The lowest BCUT2D eigenvalue weighted by molar-refractivity contribution is 0.769. The summed E-state index contributed by atoms with van der Waals surface area (Å²) in [4.78, 5) is 16.4. The number of fused-ring (bicyclic) bond motifs is 6. The molecule has 0 atom stereocenters. The third-order valence-corrected chi connectivity index (χ3v) is 16.1. The van der Waals surface area contributed by atoms with Gasteiger partial charge in [0.1, 0.15) is 0 Å². The van der Waals surface area contributed by atoms with Crippen LogP contribution in [-0.4, -0.2) is 19.5 Å². The van der Waals surface area contributed by atoms with Crippen LogP contribution in [0.2, 0.25) is 0 Å². The molecule has 0 bridgehead atoms. The highest BCUT2D eigenvalue weighted by atomic mass is 15.2. The molecule has 0 N–H and O–H groups in total. The lowest BCUT2D eigenvalue weighted by atomic mass is 9.67. The Balaban J connectivity index is 1.01. The zero-order valence-corrected chi connectivity index (χ0v) is 43.7. The van der Waals surface area contributed by atoms with Crippen LogP contribution in [-0.2, 0) is 5.41 Å². The quantitative estimate of drug-likeness (QED) is 0.137. The standard InChI is InChI=1S/C76H50N4/c1-7-21-51(22-8-1)55-35-39-57(40-36-55)73-77-74(58-41-37-56(38-42-58)52-23-9-2-10-24-52)79-75(78-73)80-71-44-43-59(62-46-60(53-25-11-3-12-26-53)45-61(47-62)54-27-13-4-14-28-54)48-67(71)68-49-66-65-33-19-20-34-69(65)76(70(66)50-72(68)80,63-29-15-5-16-30-63)64-31-17-6-18-32-64/h1-50H. The molecule has 0 unspecified atom stereocenters. The molecule has 14 aromatic rings. The first-order valence-corrected chi connectivity index (χ1v) is 27.3. The number of hydrogen-bond acceptors (Lipinski definition) is 3. The van der Waals surface area contributed by atoms with Gasteiger partial charge < -0.3 is 0 Å². The van der Waals surface area contributed by atoms with Crippen LogP contribution in [0.5, 0.6) is 0 Å². The molecule has 0 saturated heterocycles. The average Bonchev–Trinajstić information content (AvgIpc) is 4.02. The minimum absolute atomic E-state index is 0.537. The fraction of sp³-hybridized carbons (Fsp3) is 0.0132. The van der Waals surface area contributed by atoms with Crippen LogP contribution in [0.15, 0.2) is 303 Å². The van der Waals surface area contributed by atoms with Crippen LogP contribution in [0.25, 0.3) is 117 Å². The molecule has 0 amide bonds. The Hall–Kier alpha value is -10.6. The number of hydrogen-bond donors (Lipinski definition) is 0. The topological polar surface area (TPSA) is 43.6 Å². The lowest BCUT2D eigenvalue weighted by Crippen LogP contribution is -2.28. The number of benzene rings is 12.